The Morgan fingerprint density at radius 3 is 2.42 bits per heavy atom. The maximum Gasteiger partial charge on any atom is 0.226 e. The van der Waals surface area contributed by atoms with Crippen molar-refractivity contribution in [3.8, 4) is 0 Å². The summed E-state index contributed by atoms with van der Waals surface area (Å²) in [5.74, 6) is 1.04. The minimum Gasteiger partial charge on any atom is -0.493 e. The Kier molecular flexibility index (Phi) is 10.6. The summed E-state index contributed by atoms with van der Waals surface area (Å²) >= 11 is 0. The zero-order valence-electron chi connectivity index (χ0n) is 12.2. The van der Waals surface area contributed by atoms with Crippen molar-refractivity contribution in [2.24, 2.45) is 0 Å². The lowest BCUT2D eigenvalue weighted by atomic mass is 10.2. The van der Waals surface area contributed by atoms with E-state index >= 15 is 0 Å². The van der Waals surface area contributed by atoms with Gasteiger partial charge in [0.05, 0.1) is 13.7 Å². The molecule has 0 N–H and O–H groups in total. The van der Waals surface area contributed by atoms with E-state index in [0.29, 0.717) is 18.1 Å². The summed E-state index contributed by atoms with van der Waals surface area (Å²) in [5.41, 5.74) is 0. The molecule has 0 heterocycles. The molecule has 0 aromatic heterocycles. The van der Waals surface area contributed by atoms with Crippen molar-refractivity contribution in [3.63, 3.8) is 0 Å². The van der Waals surface area contributed by atoms with Gasteiger partial charge in [0.15, 0.2) is 11.5 Å². The van der Waals surface area contributed by atoms with Gasteiger partial charge in [-0.3, -0.25) is 10.1 Å². The number of methoxy groups -OCH3 is 1. The molecule has 0 amide bonds. The highest BCUT2D eigenvalue weighted by atomic mass is 16.6. The maximum absolute atomic E-state index is 10.4. The Morgan fingerprint density at radius 1 is 1.16 bits per heavy atom. The Bertz CT molecular complexity index is 311. The van der Waals surface area contributed by atoms with Gasteiger partial charge in [-0.1, -0.05) is 33.1 Å². The Hall–Kier alpha value is -1.52. The van der Waals surface area contributed by atoms with Crippen LogP contribution in [0.25, 0.3) is 0 Å². The molecule has 19 heavy (non-hydrogen) atoms. The number of ether oxygens (including phenoxy) is 2. The van der Waals surface area contributed by atoms with Crippen molar-refractivity contribution >= 4 is 0 Å². The average Bonchev–Trinajstić information content (AvgIpc) is 2.38. The molecule has 0 aromatic rings. The molecule has 0 aliphatic carbocycles. The third-order valence-corrected chi connectivity index (χ3v) is 2.53. The molecule has 0 bridgehead atoms. The Balaban J connectivity index is 4.39. The van der Waals surface area contributed by atoms with Crippen LogP contribution in [0.3, 0.4) is 0 Å². The van der Waals surface area contributed by atoms with Gasteiger partial charge in [-0.15, -0.1) is 0 Å². The normalized spacial score (nSPS) is 12.4. The standard InChI is InChI=1S/C14H25NO4/c1-4-6-7-8-12-19-14(9-5-2)13(18-3)10-11-15(16)17/h9-10H,4-8,11-12H2,1-3H3/b13-10+,14-9+. The highest BCUT2D eigenvalue weighted by Crippen LogP contribution is 2.14. The predicted molar refractivity (Wildman–Crippen MR) is 75.4 cm³/mol. The molecule has 0 radical (unpaired) electrons. The van der Waals surface area contributed by atoms with E-state index in [4.69, 9.17) is 9.47 Å². The van der Waals surface area contributed by atoms with Gasteiger partial charge in [-0.2, -0.15) is 0 Å². The third kappa shape index (κ3) is 9.11. The summed E-state index contributed by atoms with van der Waals surface area (Å²) in [6.45, 7) is 4.50. The average molecular weight is 271 g/mol. The van der Waals surface area contributed by atoms with E-state index in [1.54, 1.807) is 0 Å². The van der Waals surface area contributed by atoms with Crippen molar-refractivity contribution in [1.82, 2.24) is 0 Å². The van der Waals surface area contributed by atoms with Crippen LogP contribution >= 0.6 is 0 Å². The van der Waals surface area contributed by atoms with Crippen molar-refractivity contribution in [3.05, 3.63) is 33.8 Å². The molecule has 0 saturated heterocycles. The highest BCUT2D eigenvalue weighted by molar-refractivity contribution is 5.20. The lowest BCUT2D eigenvalue weighted by Gasteiger charge is -2.12. The van der Waals surface area contributed by atoms with Gasteiger partial charge in [0.25, 0.3) is 0 Å². The number of hydrogen-bond acceptors (Lipinski definition) is 4. The first-order valence-corrected chi connectivity index (χ1v) is 6.84. The van der Waals surface area contributed by atoms with Crippen LogP contribution in [0.15, 0.2) is 23.7 Å². The maximum atomic E-state index is 10.4. The summed E-state index contributed by atoms with van der Waals surface area (Å²) in [4.78, 5) is 9.98. The molecule has 0 rings (SSSR count). The van der Waals surface area contributed by atoms with Crippen LogP contribution in [0.4, 0.5) is 0 Å². The molecule has 5 heteroatoms. The molecule has 0 aliphatic rings. The smallest absolute Gasteiger partial charge is 0.226 e. The molecule has 0 aliphatic heterocycles. The number of nitrogens with zero attached hydrogens (tertiary/aromatic N) is 1. The van der Waals surface area contributed by atoms with Crippen LogP contribution in [-0.2, 0) is 9.47 Å². The van der Waals surface area contributed by atoms with Crippen molar-refractivity contribution in [2.45, 2.75) is 46.0 Å². The van der Waals surface area contributed by atoms with Gasteiger partial charge >= 0.3 is 0 Å². The first kappa shape index (κ1) is 17.5. The van der Waals surface area contributed by atoms with Crippen LogP contribution in [0.5, 0.6) is 0 Å². The second-order valence-corrected chi connectivity index (χ2v) is 4.17. The Labute approximate surface area is 115 Å². The van der Waals surface area contributed by atoms with E-state index in [9.17, 15) is 10.1 Å². The van der Waals surface area contributed by atoms with E-state index in [1.807, 2.05) is 13.0 Å². The number of nitro groups is 1. The van der Waals surface area contributed by atoms with Crippen LogP contribution in [-0.4, -0.2) is 25.2 Å². The van der Waals surface area contributed by atoms with E-state index in [2.05, 4.69) is 6.92 Å². The van der Waals surface area contributed by atoms with Gasteiger partial charge in [0, 0.05) is 11.0 Å². The van der Waals surface area contributed by atoms with Crippen molar-refractivity contribution in [2.75, 3.05) is 20.3 Å². The number of hydrogen-bond donors (Lipinski definition) is 0. The number of allylic oxidation sites excluding steroid dienone is 1. The lowest BCUT2D eigenvalue weighted by molar-refractivity contribution is -0.468. The fourth-order valence-electron chi connectivity index (χ4n) is 1.57. The van der Waals surface area contributed by atoms with Crippen LogP contribution in [0, 0.1) is 10.1 Å². The second kappa shape index (κ2) is 11.6. The van der Waals surface area contributed by atoms with Gasteiger partial charge < -0.3 is 9.47 Å². The first-order chi connectivity index (χ1) is 9.15. The van der Waals surface area contributed by atoms with Crippen LogP contribution < -0.4 is 0 Å². The largest absolute Gasteiger partial charge is 0.493 e. The highest BCUT2D eigenvalue weighted by Gasteiger charge is 2.08. The quantitative estimate of drug-likeness (QED) is 0.189. The monoisotopic (exact) mass is 271 g/mol. The van der Waals surface area contributed by atoms with E-state index < -0.39 is 4.92 Å². The summed E-state index contributed by atoms with van der Waals surface area (Å²) in [6.07, 6.45) is 8.62. The Morgan fingerprint density at radius 2 is 1.89 bits per heavy atom. The molecular weight excluding hydrogens is 246 g/mol. The van der Waals surface area contributed by atoms with E-state index in [1.165, 1.54) is 26.0 Å². The third-order valence-electron chi connectivity index (χ3n) is 2.53. The second-order valence-electron chi connectivity index (χ2n) is 4.17. The lowest BCUT2D eigenvalue weighted by Crippen LogP contribution is -2.04. The zero-order valence-corrected chi connectivity index (χ0v) is 12.2. The molecule has 0 fully saturated rings. The topological polar surface area (TPSA) is 61.6 Å². The predicted octanol–water partition coefficient (Wildman–Crippen LogP) is 3.68. The SMILES string of the molecule is CC/C=C(OCCCCCC)\C(=C/C[N+](=O)[O-])OC. The van der Waals surface area contributed by atoms with Gasteiger partial charge in [-0.25, -0.2) is 0 Å². The van der Waals surface area contributed by atoms with Gasteiger partial charge in [0.2, 0.25) is 6.54 Å². The molecule has 0 atom stereocenters. The van der Waals surface area contributed by atoms with Crippen LogP contribution in [0.2, 0.25) is 0 Å². The number of unbranched alkanes of at least 4 members (excludes halogenated alkanes) is 3. The van der Waals surface area contributed by atoms with Crippen molar-refractivity contribution in [1.29, 1.82) is 0 Å². The molecule has 110 valence electrons. The minimum atomic E-state index is -0.399. The van der Waals surface area contributed by atoms with Gasteiger partial charge in [-0.05, 0) is 18.9 Å². The molecule has 0 unspecified atom stereocenters. The summed E-state index contributed by atoms with van der Waals surface area (Å²) in [6, 6.07) is 0. The summed E-state index contributed by atoms with van der Waals surface area (Å²) in [5, 5.41) is 10.4. The van der Waals surface area contributed by atoms with Gasteiger partial charge in [0.1, 0.15) is 0 Å². The first-order valence-electron chi connectivity index (χ1n) is 6.84. The molecule has 0 saturated carbocycles. The van der Waals surface area contributed by atoms with E-state index in [-0.39, 0.29) is 6.54 Å². The molecular formula is C14H25NO4. The molecule has 0 aromatic carbocycles. The fraction of sp³-hybridized carbons (Fsp3) is 0.714. The summed E-state index contributed by atoms with van der Waals surface area (Å²) < 4.78 is 10.8. The van der Waals surface area contributed by atoms with Crippen LogP contribution in [0.1, 0.15) is 46.0 Å². The fourth-order valence-corrected chi connectivity index (χ4v) is 1.57. The summed E-state index contributed by atoms with van der Waals surface area (Å²) in [7, 11) is 1.50. The molecule has 0 spiro atoms. The molecule has 5 nitrogen and oxygen atoms in total. The minimum absolute atomic E-state index is 0.260. The van der Waals surface area contributed by atoms with Crippen molar-refractivity contribution < 1.29 is 14.4 Å². The van der Waals surface area contributed by atoms with E-state index in [0.717, 1.165) is 19.3 Å². The zero-order chi connectivity index (χ0) is 14.5. The number of rotatable bonds is 11.